The van der Waals surface area contributed by atoms with Gasteiger partial charge in [-0.2, -0.15) is 17.9 Å². The number of alkyl halides is 3. The summed E-state index contributed by atoms with van der Waals surface area (Å²) in [4.78, 5) is 3.90. The molecule has 0 saturated heterocycles. The average molecular weight is 401 g/mol. The smallest absolute Gasteiger partial charge is 0.331 e. The van der Waals surface area contributed by atoms with Crippen LogP contribution in [0.15, 0.2) is 47.4 Å². The number of aryl methyl sites for hydroxylation is 2. The van der Waals surface area contributed by atoms with E-state index in [0.717, 1.165) is 24.3 Å². The van der Waals surface area contributed by atoms with Crippen molar-refractivity contribution < 1.29 is 26.0 Å². The van der Waals surface area contributed by atoms with Crippen LogP contribution in [0.25, 0.3) is 11.0 Å². The molecule has 0 unspecified atom stereocenters. The number of nitrogens with one attached hydrogen (secondary N) is 1. The highest BCUT2D eigenvalue weighted by Gasteiger charge is 2.43. The molecule has 2 aromatic carbocycles. The minimum atomic E-state index is -4.90. The zero-order valence-corrected chi connectivity index (χ0v) is 15.1. The van der Waals surface area contributed by atoms with Gasteiger partial charge in [0.05, 0.1) is 15.9 Å². The molecular weight excluding hydrogens is 386 g/mol. The Morgan fingerprint density at radius 2 is 1.74 bits per heavy atom. The molecule has 0 fully saturated rings. The molecule has 0 aliphatic heterocycles. The Labute approximate surface area is 152 Å². The first kappa shape index (κ1) is 19.3. The number of aromatic nitrogens is 2. The minimum absolute atomic E-state index is 0.325. The van der Waals surface area contributed by atoms with Gasteiger partial charge in [0.2, 0.25) is 10.0 Å². The summed E-state index contributed by atoms with van der Waals surface area (Å²) < 4.78 is 81.8. The SMILES string of the molecule is Cc1nc2ccc(S(=O)(=O)N[C@H](c3ccc(F)cc3)C(F)(F)F)cc2n1C. The molecular formula is C17H15F4N3O2S. The maximum Gasteiger partial charge on any atom is 0.408 e. The van der Waals surface area contributed by atoms with E-state index in [0.29, 0.717) is 16.9 Å². The highest BCUT2D eigenvalue weighted by Crippen LogP contribution is 2.34. The van der Waals surface area contributed by atoms with E-state index in [9.17, 15) is 26.0 Å². The maximum atomic E-state index is 13.4. The van der Waals surface area contributed by atoms with Crippen molar-refractivity contribution in [3.8, 4) is 0 Å². The van der Waals surface area contributed by atoms with Gasteiger partial charge in [-0.1, -0.05) is 12.1 Å². The number of benzene rings is 2. The normalized spacial score (nSPS) is 13.9. The van der Waals surface area contributed by atoms with Gasteiger partial charge in [0, 0.05) is 7.05 Å². The monoisotopic (exact) mass is 401 g/mol. The van der Waals surface area contributed by atoms with Crippen LogP contribution in [0.4, 0.5) is 17.6 Å². The molecule has 0 aliphatic rings. The number of halogens is 4. The Balaban J connectivity index is 2.02. The first-order chi connectivity index (χ1) is 12.5. The lowest BCUT2D eigenvalue weighted by Crippen LogP contribution is -2.38. The molecule has 0 spiro atoms. The number of imidazole rings is 1. The van der Waals surface area contributed by atoms with Gasteiger partial charge in [0.15, 0.2) is 0 Å². The summed E-state index contributed by atoms with van der Waals surface area (Å²) in [5.41, 5.74) is 0.588. The minimum Gasteiger partial charge on any atom is -0.331 e. The largest absolute Gasteiger partial charge is 0.408 e. The van der Waals surface area contributed by atoms with E-state index in [2.05, 4.69) is 4.98 Å². The van der Waals surface area contributed by atoms with Crippen LogP contribution in [-0.4, -0.2) is 24.1 Å². The average Bonchev–Trinajstić information content (AvgIpc) is 2.87. The van der Waals surface area contributed by atoms with Gasteiger partial charge in [-0.25, -0.2) is 17.8 Å². The molecule has 1 N–H and O–H groups in total. The Kier molecular flexibility index (Phi) is 4.73. The fourth-order valence-electron chi connectivity index (χ4n) is 2.66. The van der Waals surface area contributed by atoms with Crippen molar-refractivity contribution in [2.45, 2.75) is 24.0 Å². The molecule has 144 valence electrons. The maximum absolute atomic E-state index is 13.4. The molecule has 10 heteroatoms. The number of hydrogen-bond acceptors (Lipinski definition) is 3. The first-order valence-electron chi connectivity index (χ1n) is 7.76. The van der Waals surface area contributed by atoms with E-state index in [1.807, 2.05) is 0 Å². The second-order valence-electron chi connectivity index (χ2n) is 6.02. The van der Waals surface area contributed by atoms with Crippen LogP contribution in [0.1, 0.15) is 17.4 Å². The van der Waals surface area contributed by atoms with E-state index in [1.165, 1.54) is 18.2 Å². The Morgan fingerprint density at radius 3 is 2.33 bits per heavy atom. The summed E-state index contributed by atoms with van der Waals surface area (Å²) in [6.45, 7) is 1.72. The van der Waals surface area contributed by atoms with Crippen molar-refractivity contribution >= 4 is 21.1 Å². The molecule has 1 atom stereocenters. The zero-order valence-electron chi connectivity index (χ0n) is 14.2. The number of hydrogen-bond donors (Lipinski definition) is 1. The van der Waals surface area contributed by atoms with E-state index in [-0.39, 0.29) is 4.90 Å². The van der Waals surface area contributed by atoms with Gasteiger partial charge in [-0.3, -0.25) is 0 Å². The highest BCUT2D eigenvalue weighted by atomic mass is 32.2. The van der Waals surface area contributed by atoms with Crippen molar-refractivity contribution in [2.75, 3.05) is 0 Å². The Bertz CT molecular complexity index is 1090. The molecule has 0 amide bonds. The zero-order chi connectivity index (χ0) is 20.0. The summed E-state index contributed by atoms with van der Waals surface area (Å²) in [7, 11) is -2.83. The molecule has 3 rings (SSSR count). The lowest BCUT2D eigenvalue weighted by Gasteiger charge is -2.22. The number of rotatable bonds is 4. The highest BCUT2D eigenvalue weighted by molar-refractivity contribution is 7.89. The number of fused-ring (bicyclic) bond motifs is 1. The van der Waals surface area contributed by atoms with Crippen LogP contribution in [0, 0.1) is 12.7 Å². The summed E-state index contributed by atoms with van der Waals surface area (Å²) in [5.74, 6) is -0.0912. The number of nitrogens with zero attached hydrogens (tertiary/aromatic N) is 2. The van der Waals surface area contributed by atoms with Crippen LogP contribution >= 0.6 is 0 Å². The fraction of sp³-hybridized carbons (Fsp3) is 0.235. The van der Waals surface area contributed by atoms with E-state index in [4.69, 9.17) is 0 Å². The summed E-state index contributed by atoms with van der Waals surface area (Å²) >= 11 is 0. The molecule has 1 aromatic heterocycles. The molecule has 5 nitrogen and oxygen atoms in total. The number of sulfonamides is 1. The van der Waals surface area contributed by atoms with Gasteiger partial charge in [0.25, 0.3) is 0 Å². The molecule has 3 aromatic rings. The van der Waals surface area contributed by atoms with Gasteiger partial charge >= 0.3 is 6.18 Å². The van der Waals surface area contributed by atoms with E-state index in [1.54, 1.807) is 23.3 Å². The van der Waals surface area contributed by atoms with Crippen LogP contribution in [0.3, 0.4) is 0 Å². The molecule has 0 bridgehead atoms. The summed E-state index contributed by atoms with van der Waals surface area (Å²) in [5, 5.41) is 0. The van der Waals surface area contributed by atoms with Gasteiger partial charge < -0.3 is 4.57 Å². The standard InChI is InChI=1S/C17H15F4N3O2S/c1-10-22-14-8-7-13(9-15(14)24(10)2)27(25,26)23-16(17(19,20)21)11-3-5-12(18)6-4-11/h3-9,16,23H,1-2H3/t16-/m1/s1. The van der Waals surface area contributed by atoms with Crippen LogP contribution in [-0.2, 0) is 17.1 Å². The third-order valence-electron chi connectivity index (χ3n) is 4.19. The molecule has 0 aliphatic carbocycles. The molecule has 0 radical (unpaired) electrons. The molecule has 1 heterocycles. The van der Waals surface area contributed by atoms with Crippen LogP contribution in [0.2, 0.25) is 0 Å². The fourth-order valence-corrected chi connectivity index (χ4v) is 3.89. The Hall–Kier alpha value is -2.46. The Morgan fingerprint density at radius 1 is 1.11 bits per heavy atom. The lowest BCUT2D eigenvalue weighted by atomic mass is 10.1. The predicted molar refractivity (Wildman–Crippen MR) is 91.0 cm³/mol. The topological polar surface area (TPSA) is 64.0 Å². The third-order valence-corrected chi connectivity index (χ3v) is 5.61. The van der Waals surface area contributed by atoms with Crippen molar-refractivity contribution in [1.82, 2.24) is 14.3 Å². The van der Waals surface area contributed by atoms with E-state index < -0.39 is 33.6 Å². The molecule has 0 saturated carbocycles. The van der Waals surface area contributed by atoms with Crippen LogP contribution in [0.5, 0.6) is 0 Å². The van der Waals surface area contributed by atoms with Crippen molar-refractivity contribution in [2.24, 2.45) is 7.05 Å². The van der Waals surface area contributed by atoms with Gasteiger partial charge in [-0.05, 0) is 42.8 Å². The van der Waals surface area contributed by atoms with Crippen molar-refractivity contribution in [3.63, 3.8) is 0 Å². The van der Waals surface area contributed by atoms with Crippen LogP contribution < -0.4 is 4.72 Å². The van der Waals surface area contributed by atoms with E-state index >= 15 is 0 Å². The second kappa shape index (κ2) is 6.61. The van der Waals surface area contributed by atoms with Gasteiger partial charge in [-0.15, -0.1) is 0 Å². The predicted octanol–water partition coefficient (Wildman–Crippen LogP) is 3.60. The van der Waals surface area contributed by atoms with Crippen molar-refractivity contribution in [3.05, 3.63) is 59.7 Å². The van der Waals surface area contributed by atoms with Gasteiger partial charge in [0.1, 0.15) is 17.7 Å². The molecule has 27 heavy (non-hydrogen) atoms. The lowest BCUT2D eigenvalue weighted by molar-refractivity contribution is -0.153. The summed E-state index contributed by atoms with van der Waals surface area (Å²) in [6.07, 6.45) is -4.90. The quantitative estimate of drug-likeness (QED) is 0.680. The van der Waals surface area contributed by atoms with Crippen molar-refractivity contribution in [1.29, 1.82) is 0 Å². The second-order valence-corrected chi connectivity index (χ2v) is 7.73. The summed E-state index contributed by atoms with van der Waals surface area (Å²) in [6, 6.07) is 4.84. The first-order valence-corrected chi connectivity index (χ1v) is 9.25. The third kappa shape index (κ3) is 3.81.